The second kappa shape index (κ2) is 8.62. The molecular formula is C19H20Cl2N2O3. The van der Waals surface area contributed by atoms with Crippen molar-refractivity contribution >= 4 is 34.9 Å². The summed E-state index contributed by atoms with van der Waals surface area (Å²) in [7, 11) is 0. The summed E-state index contributed by atoms with van der Waals surface area (Å²) in [5, 5.41) is 13.7. The van der Waals surface area contributed by atoms with E-state index in [1.165, 1.54) is 0 Å². The van der Waals surface area contributed by atoms with Gasteiger partial charge >= 0.3 is 6.03 Å². The normalized spacial score (nSPS) is 16.5. The predicted molar refractivity (Wildman–Crippen MR) is 103 cm³/mol. The quantitative estimate of drug-likeness (QED) is 0.756. The third-order valence-electron chi connectivity index (χ3n) is 4.26. The maximum atomic E-state index is 12.8. The molecule has 1 heterocycles. The molecule has 1 atom stereocenters. The van der Waals surface area contributed by atoms with Crippen LogP contribution in [0.1, 0.15) is 18.4 Å². The van der Waals surface area contributed by atoms with E-state index in [2.05, 4.69) is 5.32 Å². The van der Waals surface area contributed by atoms with Crippen LogP contribution in [0.5, 0.6) is 5.75 Å². The van der Waals surface area contributed by atoms with Crippen molar-refractivity contribution in [3.8, 4) is 5.75 Å². The number of phenols is 1. The van der Waals surface area contributed by atoms with Crippen molar-refractivity contribution in [2.45, 2.75) is 25.5 Å². The minimum Gasteiger partial charge on any atom is -0.508 e. The van der Waals surface area contributed by atoms with Gasteiger partial charge in [-0.1, -0.05) is 41.4 Å². The molecule has 2 aromatic rings. The van der Waals surface area contributed by atoms with Gasteiger partial charge in [0.25, 0.3) is 0 Å². The van der Waals surface area contributed by atoms with Crippen LogP contribution < -0.4 is 5.32 Å². The molecule has 0 saturated carbocycles. The molecule has 3 rings (SSSR count). The van der Waals surface area contributed by atoms with Crippen LogP contribution in [0.15, 0.2) is 42.5 Å². The molecule has 0 bridgehead atoms. The number of carbonyl (C=O) groups excluding carboxylic acids is 1. The highest BCUT2D eigenvalue weighted by Crippen LogP contribution is 2.26. The molecule has 26 heavy (non-hydrogen) atoms. The number of benzene rings is 2. The number of halogens is 2. The Kier molecular flexibility index (Phi) is 6.25. The van der Waals surface area contributed by atoms with E-state index in [0.29, 0.717) is 34.4 Å². The second-order valence-electron chi connectivity index (χ2n) is 6.20. The van der Waals surface area contributed by atoms with Crippen LogP contribution in [0.3, 0.4) is 0 Å². The minimum atomic E-state index is -0.290. The number of urea groups is 1. The monoisotopic (exact) mass is 394 g/mol. The number of para-hydroxylation sites is 1. The summed E-state index contributed by atoms with van der Waals surface area (Å²) in [4.78, 5) is 14.4. The van der Waals surface area contributed by atoms with E-state index in [4.69, 9.17) is 27.9 Å². The van der Waals surface area contributed by atoms with Crippen LogP contribution in [0.4, 0.5) is 10.5 Å². The summed E-state index contributed by atoms with van der Waals surface area (Å²) in [5.41, 5.74) is 1.23. The highest BCUT2D eigenvalue weighted by molar-refractivity contribution is 6.42. The number of hydrogen-bond acceptors (Lipinski definition) is 3. The van der Waals surface area contributed by atoms with Gasteiger partial charge in [0.05, 0.1) is 22.7 Å². The van der Waals surface area contributed by atoms with Gasteiger partial charge in [0.1, 0.15) is 5.75 Å². The summed E-state index contributed by atoms with van der Waals surface area (Å²) in [5.74, 6) is 0.159. The Morgan fingerprint density at radius 3 is 2.73 bits per heavy atom. The van der Waals surface area contributed by atoms with Crippen molar-refractivity contribution in [1.29, 1.82) is 0 Å². The largest absolute Gasteiger partial charge is 0.508 e. The molecule has 0 unspecified atom stereocenters. The predicted octanol–water partition coefficient (Wildman–Crippen LogP) is 4.91. The number of ether oxygens (including phenoxy) is 1. The lowest BCUT2D eigenvalue weighted by molar-refractivity contribution is 0.0817. The van der Waals surface area contributed by atoms with Crippen molar-refractivity contribution in [2.75, 3.05) is 18.5 Å². The van der Waals surface area contributed by atoms with Gasteiger partial charge in [-0.2, -0.15) is 0 Å². The number of nitrogens with zero attached hydrogens (tertiary/aromatic N) is 1. The van der Waals surface area contributed by atoms with Crippen molar-refractivity contribution < 1.29 is 14.6 Å². The maximum absolute atomic E-state index is 12.8. The first-order valence-corrected chi connectivity index (χ1v) is 9.18. The van der Waals surface area contributed by atoms with Gasteiger partial charge in [0.15, 0.2) is 0 Å². The van der Waals surface area contributed by atoms with Gasteiger partial charge in [-0.15, -0.1) is 0 Å². The Morgan fingerprint density at radius 2 is 2.04 bits per heavy atom. The Balaban J connectivity index is 1.75. The Morgan fingerprint density at radius 1 is 1.23 bits per heavy atom. The molecule has 2 amide bonds. The van der Waals surface area contributed by atoms with E-state index in [-0.39, 0.29) is 24.4 Å². The number of aromatic hydroxyl groups is 1. The Bertz CT molecular complexity index is 779. The van der Waals surface area contributed by atoms with Gasteiger partial charge in [-0.05, 0) is 37.1 Å². The molecule has 2 aromatic carbocycles. The molecule has 2 N–H and O–H groups in total. The Labute approximate surface area is 162 Å². The first-order valence-electron chi connectivity index (χ1n) is 8.42. The number of rotatable bonds is 5. The molecule has 0 aliphatic carbocycles. The van der Waals surface area contributed by atoms with E-state index >= 15 is 0 Å². The van der Waals surface area contributed by atoms with Crippen LogP contribution in [0.25, 0.3) is 0 Å². The zero-order valence-electron chi connectivity index (χ0n) is 14.1. The van der Waals surface area contributed by atoms with Crippen LogP contribution >= 0.6 is 23.2 Å². The van der Waals surface area contributed by atoms with Crippen molar-refractivity contribution in [3.05, 3.63) is 58.1 Å². The van der Waals surface area contributed by atoms with E-state index < -0.39 is 0 Å². The first-order chi connectivity index (χ1) is 12.5. The summed E-state index contributed by atoms with van der Waals surface area (Å²) in [6.07, 6.45) is 1.90. The summed E-state index contributed by atoms with van der Waals surface area (Å²) in [6, 6.07) is 11.6. The molecule has 5 nitrogen and oxygen atoms in total. The fourth-order valence-electron chi connectivity index (χ4n) is 2.88. The van der Waals surface area contributed by atoms with E-state index in [9.17, 15) is 9.90 Å². The maximum Gasteiger partial charge on any atom is 0.322 e. The molecule has 7 heteroatoms. The average molecular weight is 395 g/mol. The smallest absolute Gasteiger partial charge is 0.322 e. The zero-order valence-corrected chi connectivity index (χ0v) is 15.6. The van der Waals surface area contributed by atoms with Crippen molar-refractivity contribution in [3.63, 3.8) is 0 Å². The molecule has 0 radical (unpaired) electrons. The van der Waals surface area contributed by atoms with E-state index in [0.717, 1.165) is 12.8 Å². The van der Waals surface area contributed by atoms with Gasteiger partial charge < -0.3 is 20.1 Å². The number of nitrogens with one attached hydrogen (secondary N) is 1. The minimum absolute atomic E-state index is 0.000380. The molecule has 1 aliphatic rings. The Hall–Kier alpha value is -1.95. The summed E-state index contributed by atoms with van der Waals surface area (Å²) < 4.78 is 5.66. The molecule has 1 fully saturated rings. The number of amides is 2. The van der Waals surface area contributed by atoms with E-state index in [1.807, 2.05) is 6.07 Å². The lowest BCUT2D eigenvalue weighted by atomic mass is 10.1. The number of phenolic OH excluding ortho intramolecular Hbond substituents is 1. The van der Waals surface area contributed by atoms with Crippen LogP contribution in [0, 0.1) is 0 Å². The molecular weight excluding hydrogens is 375 g/mol. The number of carbonyl (C=O) groups is 1. The van der Waals surface area contributed by atoms with Gasteiger partial charge in [-0.25, -0.2) is 4.79 Å². The van der Waals surface area contributed by atoms with Crippen molar-refractivity contribution in [2.24, 2.45) is 0 Å². The van der Waals surface area contributed by atoms with Gasteiger partial charge in [0.2, 0.25) is 0 Å². The molecule has 0 aromatic heterocycles. The fourth-order valence-corrected chi connectivity index (χ4v) is 3.18. The summed E-state index contributed by atoms with van der Waals surface area (Å²) in [6.45, 7) is 1.44. The molecule has 0 spiro atoms. The fraction of sp³-hybridized carbons (Fsp3) is 0.316. The number of hydrogen-bond donors (Lipinski definition) is 2. The lowest BCUT2D eigenvalue weighted by Gasteiger charge is -2.26. The standard InChI is InChI=1S/C19H20Cl2N2O3/c20-16-8-7-14(10-17(16)21)22-19(25)23(12-15-5-3-9-26-15)11-13-4-1-2-6-18(13)24/h1-2,4,6-8,10,15,24H,3,5,9,11-12H2,(H,22,25)/t15-/m1/s1. The third-order valence-corrected chi connectivity index (χ3v) is 5.00. The van der Waals surface area contributed by atoms with Crippen LogP contribution in [-0.2, 0) is 11.3 Å². The molecule has 138 valence electrons. The van der Waals surface area contributed by atoms with Crippen molar-refractivity contribution in [1.82, 2.24) is 4.90 Å². The topological polar surface area (TPSA) is 61.8 Å². The summed E-state index contributed by atoms with van der Waals surface area (Å²) >= 11 is 11.9. The zero-order chi connectivity index (χ0) is 18.5. The van der Waals surface area contributed by atoms with Crippen LogP contribution in [-0.4, -0.2) is 35.3 Å². The highest BCUT2D eigenvalue weighted by atomic mass is 35.5. The lowest BCUT2D eigenvalue weighted by Crippen LogP contribution is -2.39. The second-order valence-corrected chi connectivity index (χ2v) is 7.02. The third kappa shape index (κ3) is 4.81. The van der Waals surface area contributed by atoms with Gasteiger partial charge in [0, 0.05) is 24.4 Å². The van der Waals surface area contributed by atoms with Crippen LogP contribution in [0.2, 0.25) is 10.0 Å². The number of anilines is 1. The molecule has 1 aliphatic heterocycles. The van der Waals surface area contributed by atoms with E-state index in [1.54, 1.807) is 41.3 Å². The van der Waals surface area contributed by atoms with Gasteiger partial charge in [-0.3, -0.25) is 0 Å². The highest BCUT2D eigenvalue weighted by Gasteiger charge is 2.23. The first kappa shape index (κ1) is 18.8. The SMILES string of the molecule is O=C(Nc1ccc(Cl)c(Cl)c1)N(Cc1ccccc1O)C[C@H]1CCCO1. The molecule has 1 saturated heterocycles. The average Bonchev–Trinajstić information content (AvgIpc) is 3.12.